The van der Waals surface area contributed by atoms with Gasteiger partial charge >= 0.3 is 0 Å². The predicted octanol–water partition coefficient (Wildman–Crippen LogP) is 3.16. The number of fused-ring (bicyclic) bond motifs is 3. The fourth-order valence-corrected chi connectivity index (χ4v) is 4.37. The molecule has 2 aliphatic rings. The van der Waals surface area contributed by atoms with Gasteiger partial charge in [0.05, 0.1) is 46.2 Å². The van der Waals surface area contributed by atoms with E-state index >= 15 is 0 Å². The number of hydrogen-bond donors (Lipinski definition) is 2. The van der Waals surface area contributed by atoms with E-state index in [9.17, 15) is 5.11 Å². The third kappa shape index (κ3) is 3.10. The molecule has 2 saturated heterocycles. The van der Waals surface area contributed by atoms with Crippen molar-refractivity contribution in [3.05, 3.63) is 64.4 Å². The molecule has 1 aromatic heterocycles. The van der Waals surface area contributed by atoms with Crippen LogP contribution in [0.2, 0.25) is 10.0 Å². The zero-order valence-electron chi connectivity index (χ0n) is 14.8. The Morgan fingerprint density at radius 1 is 1.18 bits per heavy atom. The summed E-state index contributed by atoms with van der Waals surface area (Å²) in [5.41, 5.74) is 2.79. The molecule has 6 nitrogen and oxygen atoms in total. The molecular weight excluding hydrogens is 401 g/mol. The van der Waals surface area contributed by atoms with Gasteiger partial charge in [-0.3, -0.25) is 0 Å². The first-order valence-electron chi connectivity index (χ1n) is 9.16. The maximum atomic E-state index is 11.2. The molecule has 2 bridgehead atoms. The molecule has 5 rings (SSSR count). The minimum absolute atomic E-state index is 0.214. The van der Waals surface area contributed by atoms with Gasteiger partial charge in [0.2, 0.25) is 0 Å². The normalized spacial score (nSPS) is 29.5. The van der Waals surface area contributed by atoms with E-state index in [1.165, 1.54) is 0 Å². The van der Waals surface area contributed by atoms with Gasteiger partial charge in [-0.25, -0.2) is 4.98 Å². The second kappa shape index (κ2) is 7.30. The van der Waals surface area contributed by atoms with E-state index in [0.29, 0.717) is 23.2 Å². The number of ether oxygens (including phenoxy) is 2. The van der Waals surface area contributed by atoms with Crippen LogP contribution in [0, 0.1) is 0 Å². The lowest BCUT2D eigenvalue weighted by molar-refractivity contribution is -0.164. The maximum Gasteiger partial charge on any atom is 0.181 e. The maximum absolute atomic E-state index is 11.2. The van der Waals surface area contributed by atoms with E-state index in [-0.39, 0.29) is 12.1 Å². The highest BCUT2D eigenvalue weighted by molar-refractivity contribution is 6.42. The van der Waals surface area contributed by atoms with Crippen LogP contribution in [-0.2, 0) is 16.0 Å². The van der Waals surface area contributed by atoms with Gasteiger partial charge < -0.3 is 24.5 Å². The molecule has 2 fully saturated rings. The van der Waals surface area contributed by atoms with Gasteiger partial charge in [0.15, 0.2) is 6.29 Å². The third-order valence-electron chi connectivity index (χ3n) is 5.46. The monoisotopic (exact) mass is 419 g/mol. The summed E-state index contributed by atoms with van der Waals surface area (Å²) in [6, 6.07) is 12.6. The first-order valence-corrected chi connectivity index (χ1v) is 9.91. The summed E-state index contributed by atoms with van der Waals surface area (Å²) in [7, 11) is 0. The smallest absolute Gasteiger partial charge is 0.181 e. The minimum Gasteiger partial charge on any atom is -0.389 e. The highest BCUT2D eigenvalue weighted by Crippen LogP contribution is 2.37. The number of aliphatic hydroxyl groups excluding tert-OH is 1. The Kier molecular flexibility index (Phi) is 4.79. The molecule has 2 N–H and O–H groups in total. The van der Waals surface area contributed by atoms with E-state index in [2.05, 4.69) is 10.3 Å². The lowest BCUT2D eigenvalue weighted by Crippen LogP contribution is -2.57. The molecule has 3 aromatic rings. The van der Waals surface area contributed by atoms with Crippen LogP contribution in [-0.4, -0.2) is 45.8 Å². The summed E-state index contributed by atoms with van der Waals surface area (Å²) >= 11 is 12.1. The number of rotatable bonds is 4. The fourth-order valence-electron chi connectivity index (χ4n) is 4.05. The molecule has 146 valence electrons. The van der Waals surface area contributed by atoms with E-state index in [1.807, 2.05) is 41.0 Å². The number of aliphatic hydroxyl groups is 1. The molecule has 0 radical (unpaired) electrons. The van der Waals surface area contributed by atoms with Crippen LogP contribution in [0.3, 0.4) is 0 Å². The zero-order valence-corrected chi connectivity index (χ0v) is 16.3. The Labute approximate surface area is 172 Å². The van der Waals surface area contributed by atoms with Crippen LogP contribution in [0.15, 0.2) is 48.8 Å². The second-order valence-electron chi connectivity index (χ2n) is 7.15. The predicted molar refractivity (Wildman–Crippen MR) is 106 cm³/mol. The van der Waals surface area contributed by atoms with E-state index in [4.69, 9.17) is 32.7 Å². The number of halogens is 2. The highest BCUT2D eigenvalue weighted by atomic mass is 35.5. The molecule has 0 aliphatic carbocycles. The molecule has 2 aliphatic heterocycles. The fraction of sp³-hybridized carbons (Fsp3) is 0.350. The largest absolute Gasteiger partial charge is 0.389 e. The zero-order chi connectivity index (χ0) is 19.3. The lowest BCUT2D eigenvalue weighted by Gasteiger charge is -2.39. The van der Waals surface area contributed by atoms with Gasteiger partial charge in [0, 0.05) is 6.54 Å². The van der Waals surface area contributed by atoms with Gasteiger partial charge in [-0.15, -0.1) is 0 Å². The van der Waals surface area contributed by atoms with Crippen LogP contribution < -0.4 is 5.32 Å². The summed E-state index contributed by atoms with van der Waals surface area (Å²) in [6.07, 6.45) is 0.320. The van der Waals surface area contributed by atoms with Crippen molar-refractivity contribution in [3.8, 4) is 0 Å². The van der Waals surface area contributed by atoms with Crippen LogP contribution >= 0.6 is 23.2 Å². The average Bonchev–Trinajstić information content (AvgIpc) is 3.31. The minimum atomic E-state index is -0.702. The second-order valence-corrected chi connectivity index (χ2v) is 7.97. The number of para-hydroxylation sites is 2. The van der Waals surface area contributed by atoms with Crippen LogP contribution in [0.1, 0.15) is 11.6 Å². The summed E-state index contributed by atoms with van der Waals surface area (Å²) < 4.78 is 13.8. The average molecular weight is 420 g/mol. The Bertz CT molecular complexity index is 1010. The summed E-state index contributed by atoms with van der Waals surface area (Å²) in [5.74, 6) is 0. The first kappa shape index (κ1) is 18.4. The number of benzene rings is 2. The molecule has 2 aromatic carbocycles. The van der Waals surface area contributed by atoms with Crippen LogP contribution in [0.25, 0.3) is 11.0 Å². The van der Waals surface area contributed by atoms with Gasteiger partial charge in [-0.2, -0.15) is 0 Å². The molecule has 3 heterocycles. The van der Waals surface area contributed by atoms with Crippen LogP contribution in [0.4, 0.5) is 0 Å². The number of hydrogen-bond acceptors (Lipinski definition) is 5. The lowest BCUT2D eigenvalue weighted by atomic mass is 9.95. The topological polar surface area (TPSA) is 68.5 Å². The molecule has 0 saturated carbocycles. The Morgan fingerprint density at radius 2 is 2.04 bits per heavy atom. The number of aromatic nitrogens is 2. The Morgan fingerprint density at radius 3 is 2.89 bits per heavy atom. The number of nitrogens with zero attached hydrogens (tertiary/aromatic N) is 2. The quantitative estimate of drug-likeness (QED) is 0.679. The summed E-state index contributed by atoms with van der Waals surface area (Å²) in [4.78, 5) is 4.44. The number of imidazole rings is 1. The SMILES string of the molecule is O[C@H]1[C@H](NCc2ccc(Cl)c(Cl)c2)[C@H]2CO[C@H](O2)[C@@H]1n1cnc2ccccc21. The van der Waals surface area contributed by atoms with Gasteiger partial charge in [0.1, 0.15) is 12.1 Å². The van der Waals surface area contributed by atoms with Crippen molar-refractivity contribution in [1.29, 1.82) is 0 Å². The molecule has 0 unspecified atom stereocenters. The third-order valence-corrected chi connectivity index (χ3v) is 6.20. The molecule has 0 amide bonds. The molecule has 0 spiro atoms. The first-order chi connectivity index (χ1) is 13.6. The van der Waals surface area contributed by atoms with Crippen molar-refractivity contribution in [2.24, 2.45) is 0 Å². The van der Waals surface area contributed by atoms with E-state index in [0.717, 1.165) is 16.6 Å². The van der Waals surface area contributed by atoms with Gasteiger partial charge in [-0.05, 0) is 29.8 Å². The Balaban J connectivity index is 1.41. The standard InChI is InChI=1S/C20H19Cl2N3O3/c21-12-6-5-11(7-13(12)22)8-23-17-16-9-27-20(28-16)18(19(17)26)25-10-24-14-3-1-2-4-15(14)25/h1-7,10,16-20,23,26H,8-9H2/t16-,17-,18-,19+,20-/m1/s1. The molecular formula is C20H19Cl2N3O3. The van der Waals surface area contributed by atoms with Crippen LogP contribution in [0.5, 0.6) is 0 Å². The van der Waals surface area contributed by atoms with E-state index in [1.54, 1.807) is 12.4 Å². The van der Waals surface area contributed by atoms with Gasteiger partial charge in [-0.1, -0.05) is 41.4 Å². The van der Waals surface area contributed by atoms with Crippen molar-refractivity contribution in [2.45, 2.75) is 37.1 Å². The van der Waals surface area contributed by atoms with Crippen molar-refractivity contribution in [2.75, 3.05) is 6.61 Å². The van der Waals surface area contributed by atoms with Crippen molar-refractivity contribution in [1.82, 2.24) is 14.9 Å². The van der Waals surface area contributed by atoms with Crippen molar-refractivity contribution in [3.63, 3.8) is 0 Å². The molecule has 8 heteroatoms. The molecule has 28 heavy (non-hydrogen) atoms. The Hall–Kier alpha value is -1.67. The van der Waals surface area contributed by atoms with Gasteiger partial charge in [0.25, 0.3) is 0 Å². The number of nitrogens with one attached hydrogen (secondary N) is 1. The van der Waals surface area contributed by atoms with Crippen molar-refractivity contribution < 1.29 is 14.6 Å². The van der Waals surface area contributed by atoms with E-state index < -0.39 is 18.4 Å². The summed E-state index contributed by atoms with van der Waals surface area (Å²) in [5, 5.41) is 15.6. The summed E-state index contributed by atoms with van der Waals surface area (Å²) in [6.45, 7) is 0.963. The highest BCUT2D eigenvalue weighted by Gasteiger charge is 2.51. The molecule has 5 atom stereocenters. The van der Waals surface area contributed by atoms with Crippen molar-refractivity contribution >= 4 is 34.2 Å².